The lowest BCUT2D eigenvalue weighted by Gasteiger charge is -2.27. The highest BCUT2D eigenvalue weighted by atomic mass is 31.3. The van der Waals surface area contributed by atoms with Crippen molar-refractivity contribution < 1.29 is 61.4 Å². The second-order valence-corrected chi connectivity index (χ2v) is 10.3. The van der Waals surface area contributed by atoms with Gasteiger partial charge >= 0.3 is 29.2 Å². The summed E-state index contributed by atoms with van der Waals surface area (Å²) in [6.45, 7) is -1.46. The molecule has 0 aromatic carbocycles. The lowest BCUT2D eigenvalue weighted by molar-refractivity contribution is -0.123. The van der Waals surface area contributed by atoms with Crippen molar-refractivity contribution in [1.82, 2.24) is 9.55 Å². The van der Waals surface area contributed by atoms with Crippen molar-refractivity contribution >= 4 is 23.5 Å². The minimum atomic E-state index is -5.87. The third-order valence-electron chi connectivity index (χ3n) is 3.59. The molecule has 7 N–H and O–H groups in total. The summed E-state index contributed by atoms with van der Waals surface area (Å²) in [6.07, 6.45) is -5.27. The maximum atomic E-state index is 11.9. The number of hydrogen-bond donors (Lipinski definition) is 7. The lowest BCUT2D eigenvalue weighted by Crippen LogP contribution is -2.44. The molecule has 0 amide bonds. The van der Waals surface area contributed by atoms with E-state index in [9.17, 15) is 38.4 Å². The van der Waals surface area contributed by atoms with Gasteiger partial charge in [0, 0.05) is 17.2 Å². The maximum absolute atomic E-state index is 11.9. The molecule has 1 aliphatic rings. The van der Waals surface area contributed by atoms with E-state index in [4.69, 9.17) is 24.9 Å². The Morgan fingerprint density at radius 3 is 2.34 bits per heavy atom. The number of nitrogens with one attached hydrogen (secondary N) is 1. The number of aliphatic hydroxyl groups excluding tert-OH is 2. The first-order chi connectivity index (χ1) is 14.5. The Bertz CT molecular complexity index is 1170. The lowest BCUT2D eigenvalue weighted by atomic mass is 10.1. The number of H-pyrrole nitrogens is 1. The van der Waals surface area contributed by atoms with Gasteiger partial charge in [0.1, 0.15) is 12.2 Å². The fourth-order valence-corrected chi connectivity index (χ4v) is 5.45. The van der Waals surface area contributed by atoms with Crippen LogP contribution in [0.3, 0.4) is 0 Å². The van der Waals surface area contributed by atoms with Gasteiger partial charge < -0.3 is 34.5 Å². The Kier molecular flexibility index (Phi) is 7.68. The van der Waals surface area contributed by atoms with Gasteiger partial charge in [-0.1, -0.05) is 5.11 Å². The Hall–Kier alpha value is -1.72. The van der Waals surface area contributed by atoms with E-state index in [1.807, 2.05) is 4.98 Å². The highest BCUT2D eigenvalue weighted by Crippen LogP contribution is 2.66. The number of nitrogens with zero attached hydrogens (tertiary/aromatic N) is 4. The highest BCUT2D eigenvalue weighted by molar-refractivity contribution is 7.66. The fraction of sp³-hybridized carbons (Fsp3) is 0.556. The van der Waals surface area contributed by atoms with E-state index in [1.165, 1.54) is 0 Å². The number of azide groups is 1. The molecule has 1 aliphatic heterocycles. The third kappa shape index (κ3) is 6.41. The van der Waals surface area contributed by atoms with E-state index in [0.717, 1.165) is 12.3 Å². The average molecular weight is 525 g/mol. The van der Waals surface area contributed by atoms with Gasteiger partial charge in [-0.05, 0) is 5.53 Å². The molecule has 180 valence electrons. The molecule has 0 radical (unpaired) electrons. The number of ether oxygens (including phenoxy) is 1. The van der Waals surface area contributed by atoms with Crippen molar-refractivity contribution in [3.8, 4) is 0 Å². The van der Waals surface area contributed by atoms with Crippen LogP contribution in [0.5, 0.6) is 0 Å². The van der Waals surface area contributed by atoms with Gasteiger partial charge in [-0.15, -0.1) is 0 Å². The molecule has 2 rings (SSSR count). The molecule has 0 aliphatic carbocycles. The zero-order valence-corrected chi connectivity index (χ0v) is 17.8. The summed E-state index contributed by atoms with van der Waals surface area (Å²) in [7, 11) is -17.2. The Morgan fingerprint density at radius 1 is 1.19 bits per heavy atom. The van der Waals surface area contributed by atoms with Crippen molar-refractivity contribution in [2.75, 3.05) is 6.61 Å². The van der Waals surface area contributed by atoms with Gasteiger partial charge in [0.2, 0.25) is 5.72 Å². The molecule has 2 heterocycles. The van der Waals surface area contributed by atoms with Crippen LogP contribution in [0, 0.1) is 0 Å². The standard InChI is InChI=1S/C9H14N5O15P3/c10-13-12-9(3-26-31(22,23)29-32(24,25)28-30(19,20)21)6(17)5(16)7(27-9)14-2-1-4(15)11-8(14)18/h1-2,5-7,16-17H,3H2,(H,22,23)(H,24,25)(H,11,15,18)(H2,19,20,21)/t5-,6+,7-,9?/m1/s1. The molecule has 1 saturated heterocycles. The van der Waals surface area contributed by atoms with Crippen LogP contribution in [-0.4, -0.2) is 63.9 Å². The molecule has 6 atom stereocenters. The summed E-state index contributed by atoms with van der Waals surface area (Å²) >= 11 is 0. The summed E-state index contributed by atoms with van der Waals surface area (Å²) in [4.78, 5) is 62.8. The first-order valence-electron chi connectivity index (χ1n) is 7.71. The summed E-state index contributed by atoms with van der Waals surface area (Å²) in [5, 5.41) is 23.5. The number of aliphatic hydroxyl groups is 2. The van der Waals surface area contributed by atoms with Crippen LogP contribution in [0.25, 0.3) is 10.4 Å². The van der Waals surface area contributed by atoms with Crippen molar-refractivity contribution in [3.63, 3.8) is 0 Å². The number of rotatable bonds is 9. The van der Waals surface area contributed by atoms with Crippen molar-refractivity contribution in [1.29, 1.82) is 0 Å². The zero-order chi connectivity index (χ0) is 24.5. The van der Waals surface area contributed by atoms with E-state index < -0.39 is 65.5 Å². The minimum Gasteiger partial charge on any atom is -0.387 e. The molecule has 0 bridgehead atoms. The predicted octanol–water partition coefficient (Wildman–Crippen LogP) is -1.86. The average Bonchev–Trinajstić information content (AvgIpc) is 2.83. The molecule has 0 saturated carbocycles. The number of aromatic nitrogens is 2. The first kappa shape index (κ1) is 26.5. The maximum Gasteiger partial charge on any atom is 0.490 e. The zero-order valence-electron chi connectivity index (χ0n) is 15.1. The number of hydrogen-bond acceptors (Lipinski definition) is 12. The van der Waals surface area contributed by atoms with Crippen LogP contribution in [0.4, 0.5) is 0 Å². The van der Waals surface area contributed by atoms with E-state index in [-0.39, 0.29) is 0 Å². The molecule has 3 unspecified atom stereocenters. The molecule has 23 heteroatoms. The van der Waals surface area contributed by atoms with Gasteiger partial charge in [-0.2, -0.15) is 8.62 Å². The van der Waals surface area contributed by atoms with Gasteiger partial charge in [-0.25, -0.2) is 18.5 Å². The van der Waals surface area contributed by atoms with Crippen molar-refractivity contribution in [2.45, 2.75) is 24.2 Å². The second-order valence-electron chi connectivity index (χ2n) is 5.86. The third-order valence-corrected chi connectivity index (χ3v) is 7.38. The van der Waals surface area contributed by atoms with E-state index in [2.05, 4.69) is 23.2 Å². The number of aromatic amines is 1. The molecule has 0 spiro atoms. The topological polar surface area (TPSA) is 313 Å². The fourth-order valence-electron chi connectivity index (χ4n) is 2.40. The Morgan fingerprint density at radius 2 is 1.81 bits per heavy atom. The van der Waals surface area contributed by atoms with Crippen LogP contribution < -0.4 is 11.2 Å². The summed E-state index contributed by atoms with van der Waals surface area (Å²) in [5.41, 5.74) is 4.06. The summed E-state index contributed by atoms with van der Waals surface area (Å²) in [6, 6.07) is 0.837. The largest absolute Gasteiger partial charge is 0.490 e. The molecule has 20 nitrogen and oxygen atoms in total. The van der Waals surface area contributed by atoms with Crippen LogP contribution in [-0.2, 0) is 31.6 Å². The van der Waals surface area contributed by atoms with Gasteiger partial charge in [0.05, 0.1) is 6.61 Å². The number of phosphoric acid groups is 3. The Labute approximate surface area is 174 Å². The second kappa shape index (κ2) is 9.26. The highest BCUT2D eigenvalue weighted by Gasteiger charge is 2.56. The molecule has 1 aromatic heterocycles. The number of phosphoric ester groups is 1. The smallest absolute Gasteiger partial charge is 0.387 e. The van der Waals surface area contributed by atoms with Crippen molar-refractivity contribution in [2.24, 2.45) is 5.11 Å². The van der Waals surface area contributed by atoms with Gasteiger partial charge in [0.25, 0.3) is 5.56 Å². The minimum absolute atomic E-state index is 0.564. The molecule has 1 aromatic rings. The van der Waals surface area contributed by atoms with Crippen LogP contribution in [0.15, 0.2) is 27.0 Å². The van der Waals surface area contributed by atoms with Crippen LogP contribution in [0.1, 0.15) is 6.23 Å². The normalized spacial score (nSPS) is 29.6. The van der Waals surface area contributed by atoms with Crippen LogP contribution in [0.2, 0.25) is 0 Å². The Balaban J connectivity index is 2.28. The quantitative estimate of drug-likeness (QED) is 0.0804. The SMILES string of the molecule is [N-]=[N+]=NC1(COP(=O)(O)OP(=O)(O)OP(=O)(O)O)O[C@@H](n2ccc(=O)[nH]c2=O)[C@H](O)[C@@H]1O. The van der Waals surface area contributed by atoms with Gasteiger partial charge in [-0.3, -0.25) is 18.9 Å². The van der Waals surface area contributed by atoms with E-state index in [1.54, 1.807) is 0 Å². The van der Waals surface area contributed by atoms with Crippen LogP contribution >= 0.6 is 23.5 Å². The summed E-state index contributed by atoms with van der Waals surface area (Å²) in [5.74, 6) is 0. The molecule has 1 fully saturated rings. The molecular weight excluding hydrogens is 511 g/mol. The van der Waals surface area contributed by atoms with Gasteiger partial charge in [0.15, 0.2) is 6.23 Å². The van der Waals surface area contributed by atoms with Crippen molar-refractivity contribution in [3.05, 3.63) is 43.5 Å². The first-order valence-corrected chi connectivity index (χ1v) is 12.2. The van der Waals surface area contributed by atoms with E-state index in [0.29, 0.717) is 4.57 Å². The molecule has 32 heavy (non-hydrogen) atoms. The van der Waals surface area contributed by atoms with E-state index >= 15 is 0 Å². The summed E-state index contributed by atoms with van der Waals surface area (Å²) < 4.78 is 50.8. The molecular formula is C9H14N5O15P3. The predicted molar refractivity (Wildman–Crippen MR) is 95.2 cm³/mol. The monoisotopic (exact) mass is 525 g/mol.